The number of nitrogens with zero attached hydrogens (tertiary/aromatic N) is 2. The van der Waals surface area contributed by atoms with E-state index in [4.69, 9.17) is 20.0 Å². The predicted octanol–water partition coefficient (Wildman–Crippen LogP) is 0.354. The number of ether oxygens (including phenoxy) is 2. The minimum absolute atomic E-state index is 0.104. The molecule has 2 aliphatic carbocycles. The monoisotopic (exact) mass is 413 g/mol. The first kappa shape index (κ1) is 18.9. The molecule has 4 aliphatic rings. The molecule has 0 spiro atoms. The Morgan fingerprint density at radius 3 is 2.50 bits per heavy atom. The highest BCUT2D eigenvalue weighted by atomic mass is 16.6. The number of hydrogen-bond acceptors (Lipinski definition) is 7. The molecule has 1 aromatic rings. The fourth-order valence-electron chi connectivity index (χ4n) is 5.89. The van der Waals surface area contributed by atoms with E-state index < -0.39 is 17.7 Å². The molecule has 2 saturated carbocycles. The minimum Gasteiger partial charge on any atom is -0.493 e. The third-order valence-electron chi connectivity index (χ3n) is 7.11. The Balaban J connectivity index is 1.33. The molecule has 2 N–H and O–H groups in total. The van der Waals surface area contributed by atoms with Gasteiger partial charge in [0.25, 0.3) is 5.91 Å². The smallest absolute Gasteiger partial charge is 0.266 e. The Bertz CT molecular complexity index is 975. The van der Waals surface area contributed by atoms with Crippen molar-refractivity contribution in [3.05, 3.63) is 23.8 Å². The molecule has 9 nitrogen and oxygen atoms in total. The standard InChI is InChI=1S/C21H23N3O6/c1-28-12-4-3-9(7-13(12)29-2)5-6-24-20(26)14-10-8-11(15(14)21(24)27)18-16(10)17(19(22)25)23-30-18/h3-4,7,10-11,14-16,18H,5-6,8H2,1-2H3,(H2,22,25)/t10-,11-,14+,15-,16-,18-/m1/s1. The first-order valence-electron chi connectivity index (χ1n) is 10.1. The Hall–Kier alpha value is -3.10. The van der Waals surface area contributed by atoms with Crippen molar-refractivity contribution in [2.24, 2.45) is 40.5 Å². The number of amides is 3. The topological polar surface area (TPSA) is 121 Å². The van der Waals surface area contributed by atoms with E-state index >= 15 is 0 Å². The molecule has 3 fully saturated rings. The molecule has 5 rings (SSSR count). The maximum Gasteiger partial charge on any atom is 0.266 e. The average molecular weight is 413 g/mol. The summed E-state index contributed by atoms with van der Waals surface area (Å²) in [6, 6.07) is 5.55. The van der Waals surface area contributed by atoms with Gasteiger partial charge in [-0.1, -0.05) is 11.2 Å². The number of imide groups is 1. The number of oxime groups is 1. The van der Waals surface area contributed by atoms with Crippen LogP contribution in [0.1, 0.15) is 12.0 Å². The first-order chi connectivity index (χ1) is 14.5. The van der Waals surface area contributed by atoms with Crippen LogP contribution in [0.3, 0.4) is 0 Å². The van der Waals surface area contributed by atoms with Crippen LogP contribution in [0.5, 0.6) is 11.5 Å². The molecule has 9 heteroatoms. The fourth-order valence-corrected chi connectivity index (χ4v) is 5.89. The number of carbonyl (C=O) groups excluding carboxylic acids is 3. The number of fused-ring (bicyclic) bond motifs is 8. The second-order valence-electron chi connectivity index (χ2n) is 8.32. The number of benzene rings is 1. The summed E-state index contributed by atoms with van der Waals surface area (Å²) in [6.07, 6.45) is 0.878. The largest absolute Gasteiger partial charge is 0.493 e. The van der Waals surface area contributed by atoms with Crippen molar-refractivity contribution in [1.29, 1.82) is 0 Å². The number of likely N-dealkylation sites (tertiary alicyclic amines) is 1. The van der Waals surface area contributed by atoms with Crippen LogP contribution >= 0.6 is 0 Å². The molecule has 0 unspecified atom stereocenters. The van der Waals surface area contributed by atoms with Crippen molar-refractivity contribution in [3.63, 3.8) is 0 Å². The van der Waals surface area contributed by atoms with Crippen molar-refractivity contribution < 1.29 is 28.7 Å². The molecule has 30 heavy (non-hydrogen) atoms. The van der Waals surface area contributed by atoms with Crippen LogP contribution in [0, 0.1) is 29.6 Å². The van der Waals surface area contributed by atoms with Gasteiger partial charge in [-0.3, -0.25) is 19.3 Å². The van der Waals surface area contributed by atoms with Gasteiger partial charge in [-0.2, -0.15) is 0 Å². The molecule has 158 valence electrons. The summed E-state index contributed by atoms with van der Waals surface area (Å²) in [5.41, 5.74) is 6.58. The van der Waals surface area contributed by atoms with E-state index in [1.54, 1.807) is 20.3 Å². The van der Waals surface area contributed by atoms with Gasteiger partial charge in [0.1, 0.15) is 6.10 Å². The highest BCUT2D eigenvalue weighted by Gasteiger charge is 2.70. The lowest BCUT2D eigenvalue weighted by Crippen LogP contribution is -2.43. The van der Waals surface area contributed by atoms with Crippen LogP contribution in [-0.4, -0.2) is 55.2 Å². The van der Waals surface area contributed by atoms with E-state index in [9.17, 15) is 14.4 Å². The second-order valence-corrected chi connectivity index (χ2v) is 8.32. The highest BCUT2D eigenvalue weighted by molar-refractivity contribution is 6.39. The molecule has 2 heterocycles. The maximum atomic E-state index is 13.2. The molecule has 2 bridgehead atoms. The normalized spacial score (nSPS) is 33.3. The van der Waals surface area contributed by atoms with Crippen molar-refractivity contribution in [2.45, 2.75) is 18.9 Å². The summed E-state index contributed by atoms with van der Waals surface area (Å²) in [4.78, 5) is 44.8. The molecule has 6 atom stereocenters. The predicted molar refractivity (Wildman–Crippen MR) is 104 cm³/mol. The SMILES string of the molecule is COc1ccc(CCN2C(=O)[C@@H]3[C@H]4C[C@@H]([C@@H]5C(C(N)=O)=NO[C@H]45)[C@@H]3C2=O)cc1OC. The van der Waals surface area contributed by atoms with Crippen molar-refractivity contribution in [1.82, 2.24) is 4.90 Å². The molecule has 0 aromatic heterocycles. The molecule has 3 amide bonds. The summed E-state index contributed by atoms with van der Waals surface area (Å²) >= 11 is 0. The summed E-state index contributed by atoms with van der Waals surface area (Å²) < 4.78 is 10.6. The molecule has 1 aromatic carbocycles. The molecule has 0 radical (unpaired) electrons. The lowest BCUT2D eigenvalue weighted by molar-refractivity contribution is -0.141. The lowest BCUT2D eigenvalue weighted by Gasteiger charge is -2.29. The van der Waals surface area contributed by atoms with E-state index in [0.29, 0.717) is 30.9 Å². The van der Waals surface area contributed by atoms with E-state index in [1.165, 1.54) is 4.90 Å². The van der Waals surface area contributed by atoms with Gasteiger partial charge in [-0.15, -0.1) is 0 Å². The number of hydrogen-bond donors (Lipinski definition) is 1. The van der Waals surface area contributed by atoms with Gasteiger partial charge in [0.15, 0.2) is 17.2 Å². The zero-order valence-corrected chi connectivity index (χ0v) is 16.7. The van der Waals surface area contributed by atoms with Gasteiger partial charge < -0.3 is 20.0 Å². The van der Waals surface area contributed by atoms with Gasteiger partial charge in [0, 0.05) is 12.5 Å². The van der Waals surface area contributed by atoms with Crippen molar-refractivity contribution in [3.8, 4) is 11.5 Å². The molecular weight excluding hydrogens is 390 g/mol. The van der Waals surface area contributed by atoms with Crippen LogP contribution in [0.15, 0.2) is 23.4 Å². The Morgan fingerprint density at radius 1 is 1.13 bits per heavy atom. The summed E-state index contributed by atoms with van der Waals surface area (Å²) in [5.74, 6) is -1.01. The van der Waals surface area contributed by atoms with Gasteiger partial charge in [0.05, 0.1) is 32.0 Å². The summed E-state index contributed by atoms with van der Waals surface area (Å²) in [5, 5.41) is 3.85. The lowest BCUT2D eigenvalue weighted by atomic mass is 9.72. The first-order valence-corrected chi connectivity index (χ1v) is 10.1. The van der Waals surface area contributed by atoms with E-state index in [-0.39, 0.29) is 41.4 Å². The summed E-state index contributed by atoms with van der Waals surface area (Å²) in [6.45, 7) is 0.298. The van der Waals surface area contributed by atoms with Gasteiger partial charge in [-0.05, 0) is 36.5 Å². The van der Waals surface area contributed by atoms with Crippen LogP contribution < -0.4 is 15.2 Å². The quantitative estimate of drug-likeness (QED) is 0.672. The Labute approximate surface area is 173 Å². The van der Waals surface area contributed by atoms with Gasteiger partial charge >= 0.3 is 0 Å². The fraction of sp³-hybridized carbons (Fsp3) is 0.524. The Morgan fingerprint density at radius 2 is 1.83 bits per heavy atom. The zero-order valence-electron chi connectivity index (χ0n) is 16.7. The molecule has 1 saturated heterocycles. The minimum atomic E-state index is -0.617. The van der Waals surface area contributed by atoms with Gasteiger partial charge in [-0.25, -0.2) is 0 Å². The van der Waals surface area contributed by atoms with E-state index in [2.05, 4.69) is 5.16 Å². The number of rotatable bonds is 6. The zero-order chi connectivity index (χ0) is 21.2. The second kappa shape index (κ2) is 6.72. The number of primary amides is 1. The van der Waals surface area contributed by atoms with E-state index in [0.717, 1.165) is 5.56 Å². The number of carbonyl (C=O) groups is 3. The van der Waals surface area contributed by atoms with E-state index in [1.807, 2.05) is 12.1 Å². The van der Waals surface area contributed by atoms with Crippen LogP contribution in [0.4, 0.5) is 0 Å². The third-order valence-corrected chi connectivity index (χ3v) is 7.11. The third kappa shape index (κ3) is 2.47. The summed E-state index contributed by atoms with van der Waals surface area (Å²) in [7, 11) is 3.13. The van der Waals surface area contributed by atoms with Crippen LogP contribution in [0.25, 0.3) is 0 Å². The van der Waals surface area contributed by atoms with Crippen molar-refractivity contribution in [2.75, 3.05) is 20.8 Å². The van der Waals surface area contributed by atoms with Gasteiger partial charge in [0.2, 0.25) is 11.8 Å². The molecular formula is C21H23N3O6. The highest BCUT2D eigenvalue weighted by Crippen LogP contribution is 2.61. The van der Waals surface area contributed by atoms with Crippen molar-refractivity contribution >= 4 is 23.4 Å². The Kier molecular flexibility index (Phi) is 4.23. The number of nitrogens with two attached hydrogens (primary N) is 1. The average Bonchev–Trinajstić information content (AvgIpc) is 3.47. The van der Waals surface area contributed by atoms with Crippen LogP contribution in [-0.2, 0) is 25.6 Å². The maximum absolute atomic E-state index is 13.2. The molecule has 2 aliphatic heterocycles. The number of methoxy groups -OCH3 is 2. The van der Waals surface area contributed by atoms with Crippen LogP contribution in [0.2, 0.25) is 0 Å².